The number of anilines is 3. The van der Waals surface area contributed by atoms with Gasteiger partial charge in [0, 0.05) is 30.9 Å². The van der Waals surface area contributed by atoms with Gasteiger partial charge in [-0.1, -0.05) is 18.2 Å². The van der Waals surface area contributed by atoms with E-state index in [1.54, 1.807) is 6.20 Å². The second-order valence-corrected chi connectivity index (χ2v) is 6.38. The molecule has 0 spiro atoms. The zero-order chi connectivity index (χ0) is 17.3. The number of hydrogen-bond donors (Lipinski definition) is 0. The number of nitrogens with zero attached hydrogens (tertiary/aromatic N) is 5. The fourth-order valence-corrected chi connectivity index (χ4v) is 3.54. The van der Waals surface area contributed by atoms with E-state index < -0.39 is 0 Å². The first-order valence-electron chi connectivity index (χ1n) is 8.85. The number of rotatable bonds is 3. The molecular weight excluding hydrogens is 330 g/mol. The summed E-state index contributed by atoms with van der Waals surface area (Å²) in [7, 11) is 0. The standard InChI is InChI=1S/C19H19N5O2/c1-2-4-14(5-3-1)24-7-6-15-17(16-12-20-13-26-16)21-19(22-18(15)24)23-8-10-25-11-9-23/h1-5,12-13H,6-11H2. The molecule has 0 bridgehead atoms. The summed E-state index contributed by atoms with van der Waals surface area (Å²) in [6, 6.07) is 10.3. The molecule has 1 saturated heterocycles. The maximum absolute atomic E-state index is 5.56. The molecule has 3 aromatic rings. The van der Waals surface area contributed by atoms with E-state index in [-0.39, 0.29) is 0 Å². The minimum absolute atomic E-state index is 0.688. The highest BCUT2D eigenvalue weighted by atomic mass is 16.5. The van der Waals surface area contributed by atoms with Crippen molar-refractivity contribution in [1.82, 2.24) is 15.0 Å². The molecule has 0 unspecified atom stereocenters. The van der Waals surface area contributed by atoms with E-state index in [0.717, 1.165) is 54.8 Å². The van der Waals surface area contributed by atoms with Crippen LogP contribution in [0.4, 0.5) is 17.5 Å². The van der Waals surface area contributed by atoms with E-state index in [0.29, 0.717) is 19.0 Å². The minimum atomic E-state index is 0.688. The van der Waals surface area contributed by atoms with Crippen LogP contribution in [0.5, 0.6) is 0 Å². The second-order valence-electron chi connectivity index (χ2n) is 6.38. The van der Waals surface area contributed by atoms with Gasteiger partial charge < -0.3 is 19.0 Å². The maximum Gasteiger partial charge on any atom is 0.228 e. The number of aromatic nitrogens is 3. The smallest absolute Gasteiger partial charge is 0.228 e. The van der Waals surface area contributed by atoms with Crippen molar-refractivity contribution in [2.75, 3.05) is 42.6 Å². The van der Waals surface area contributed by atoms with Crippen LogP contribution in [0.1, 0.15) is 5.56 Å². The van der Waals surface area contributed by atoms with Crippen molar-refractivity contribution in [3.05, 3.63) is 48.5 Å². The van der Waals surface area contributed by atoms with Crippen LogP contribution in [0.15, 0.2) is 47.3 Å². The molecule has 1 fully saturated rings. The lowest BCUT2D eigenvalue weighted by Gasteiger charge is -2.28. The Kier molecular flexibility index (Phi) is 3.79. The molecule has 5 rings (SSSR count). The van der Waals surface area contributed by atoms with Gasteiger partial charge >= 0.3 is 0 Å². The number of oxazole rings is 1. The van der Waals surface area contributed by atoms with Crippen LogP contribution in [0.2, 0.25) is 0 Å². The SMILES string of the molecule is c1ccc(N2CCc3c(-c4cnco4)nc(N4CCOCC4)nc32)cc1. The van der Waals surface area contributed by atoms with Crippen molar-refractivity contribution in [3.63, 3.8) is 0 Å². The molecule has 0 atom stereocenters. The number of morpholine rings is 1. The number of para-hydroxylation sites is 1. The predicted molar refractivity (Wildman–Crippen MR) is 97.7 cm³/mol. The van der Waals surface area contributed by atoms with Crippen molar-refractivity contribution >= 4 is 17.5 Å². The van der Waals surface area contributed by atoms with E-state index in [1.165, 1.54) is 6.39 Å². The Bertz CT molecular complexity index is 892. The van der Waals surface area contributed by atoms with Gasteiger partial charge in [0.2, 0.25) is 5.95 Å². The molecule has 2 aliphatic rings. The van der Waals surface area contributed by atoms with Crippen LogP contribution in [-0.2, 0) is 11.2 Å². The van der Waals surface area contributed by atoms with Crippen LogP contribution in [-0.4, -0.2) is 47.8 Å². The molecule has 0 amide bonds. The summed E-state index contributed by atoms with van der Waals surface area (Å²) < 4.78 is 11.0. The van der Waals surface area contributed by atoms with Crippen molar-refractivity contribution in [3.8, 4) is 11.5 Å². The maximum atomic E-state index is 5.56. The molecule has 0 saturated carbocycles. The van der Waals surface area contributed by atoms with E-state index in [2.05, 4.69) is 39.0 Å². The van der Waals surface area contributed by atoms with Crippen LogP contribution in [0.25, 0.3) is 11.5 Å². The molecule has 7 heteroatoms. The molecule has 4 heterocycles. The third-order valence-corrected chi connectivity index (χ3v) is 4.84. The second kappa shape index (κ2) is 6.42. The van der Waals surface area contributed by atoms with Gasteiger partial charge in [-0.3, -0.25) is 0 Å². The van der Waals surface area contributed by atoms with Gasteiger partial charge in [0.1, 0.15) is 11.5 Å². The van der Waals surface area contributed by atoms with Gasteiger partial charge in [0.05, 0.1) is 19.4 Å². The largest absolute Gasteiger partial charge is 0.442 e. The lowest BCUT2D eigenvalue weighted by Crippen LogP contribution is -2.37. The molecule has 7 nitrogen and oxygen atoms in total. The average molecular weight is 349 g/mol. The molecule has 1 aromatic carbocycles. The zero-order valence-corrected chi connectivity index (χ0v) is 14.3. The number of fused-ring (bicyclic) bond motifs is 1. The Hall–Kier alpha value is -2.93. The highest BCUT2D eigenvalue weighted by molar-refractivity contribution is 5.75. The fourth-order valence-electron chi connectivity index (χ4n) is 3.54. The third-order valence-electron chi connectivity index (χ3n) is 4.84. The van der Waals surface area contributed by atoms with Crippen LogP contribution in [0, 0.1) is 0 Å². The Morgan fingerprint density at radius 3 is 2.58 bits per heavy atom. The van der Waals surface area contributed by atoms with Crippen molar-refractivity contribution in [1.29, 1.82) is 0 Å². The Balaban J connectivity index is 1.64. The lowest BCUT2D eigenvalue weighted by atomic mass is 10.1. The first kappa shape index (κ1) is 15.3. The van der Waals surface area contributed by atoms with Gasteiger partial charge in [-0.25, -0.2) is 9.97 Å². The van der Waals surface area contributed by atoms with Gasteiger partial charge in [-0.05, 0) is 18.6 Å². The van der Waals surface area contributed by atoms with Crippen molar-refractivity contribution in [2.45, 2.75) is 6.42 Å². The molecule has 26 heavy (non-hydrogen) atoms. The zero-order valence-electron chi connectivity index (χ0n) is 14.3. The fraction of sp³-hybridized carbons (Fsp3) is 0.316. The molecule has 0 N–H and O–H groups in total. The number of benzene rings is 1. The number of hydrogen-bond acceptors (Lipinski definition) is 7. The molecule has 132 valence electrons. The third kappa shape index (κ3) is 2.61. The lowest BCUT2D eigenvalue weighted by molar-refractivity contribution is 0.122. The topological polar surface area (TPSA) is 67.5 Å². The van der Waals surface area contributed by atoms with E-state index >= 15 is 0 Å². The molecule has 2 aromatic heterocycles. The average Bonchev–Trinajstić information content (AvgIpc) is 3.39. The summed E-state index contributed by atoms with van der Waals surface area (Å²) in [6.45, 7) is 3.85. The van der Waals surface area contributed by atoms with Crippen molar-refractivity contribution < 1.29 is 9.15 Å². The first-order valence-corrected chi connectivity index (χ1v) is 8.85. The van der Waals surface area contributed by atoms with Crippen LogP contribution < -0.4 is 9.80 Å². The highest BCUT2D eigenvalue weighted by Gasteiger charge is 2.29. The Morgan fingerprint density at radius 1 is 0.962 bits per heavy atom. The monoisotopic (exact) mass is 349 g/mol. The quantitative estimate of drug-likeness (QED) is 0.720. The van der Waals surface area contributed by atoms with Crippen molar-refractivity contribution in [2.24, 2.45) is 0 Å². The van der Waals surface area contributed by atoms with Crippen LogP contribution >= 0.6 is 0 Å². The van der Waals surface area contributed by atoms with E-state index in [4.69, 9.17) is 19.1 Å². The van der Waals surface area contributed by atoms with Gasteiger partial charge in [-0.15, -0.1) is 0 Å². The van der Waals surface area contributed by atoms with Crippen LogP contribution in [0.3, 0.4) is 0 Å². The summed E-state index contributed by atoms with van der Waals surface area (Å²) >= 11 is 0. The molecular formula is C19H19N5O2. The summed E-state index contributed by atoms with van der Waals surface area (Å²) in [5, 5.41) is 0. The summed E-state index contributed by atoms with van der Waals surface area (Å²) in [4.78, 5) is 18.3. The highest BCUT2D eigenvalue weighted by Crippen LogP contribution is 2.39. The van der Waals surface area contributed by atoms with Gasteiger partial charge in [0.15, 0.2) is 12.2 Å². The summed E-state index contributed by atoms with van der Waals surface area (Å²) in [6.07, 6.45) is 4.04. The Morgan fingerprint density at radius 2 is 1.81 bits per heavy atom. The van der Waals surface area contributed by atoms with Gasteiger partial charge in [-0.2, -0.15) is 4.98 Å². The molecule has 0 radical (unpaired) electrons. The minimum Gasteiger partial charge on any atom is -0.442 e. The molecule has 2 aliphatic heterocycles. The first-order chi connectivity index (χ1) is 12.9. The Labute approximate surface area is 151 Å². The number of ether oxygens (including phenoxy) is 1. The predicted octanol–water partition coefficient (Wildman–Crippen LogP) is 2.66. The van der Waals surface area contributed by atoms with E-state index in [1.807, 2.05) is 6.07 Å². The van der Waals surface area contributed by atoms with Gasteiger partial charge in [0.25, 0.3) is 0 Å². The summed E-state index contributed by atoms with van der Waals surface area (Å²) in [5.74, 6) is 2.37. The summed E-state index contributed by atoms with van der Waals surface area (Å²) in [5.41, 5.74) is 3.09. The normalized spacial score (nSPS) is 16.8. The molecule has 0 aliphatic carbocycles. The van der Waals surface area contributed by atoms with E-state index in [9.17, 15) is 0 Å².